The fourth-order valence-corrected chi connectivity index (χ4v) is 3.14. The van der Waals surface area contributed by atoms with Crippen LogP contribution < -0.4 is 10.6 Å². The van der Waals surface area contributed by atoms with Gasteiger partial charge in [0.25, 0.3) is 0 Å². The zero-order valence-corrected chi connectivity index (χ0v) is 13.0. The van der Waals surface area contributed by atoms with Gasteiger partial charge in [0.05, 0.1) is 24.1 Å². The summed E-state index contributed by atoms with van der Waals surface area (Å²) in [4.78, 5) is 7.99. The average Bonchev–Trinajstić information content (AvgIpc) is 2.75. The van der Waals surface area contributed by atoms with Crippen molar-refractivity contribution in [1.29, 1.82) is 0 Å². The van der Waals surface area contributed by atoms with Crippen LogP contribution in [0.25, 0.3) is 0 Å². The third kappa shape index (κ3) is 3.28. The number of hydrogen-bond donors (Lipinski definition) is 1. The number of rotatable bonds is 4. The fourth-order valence-electron chi connectivity index (χ4n) is 1.52. The Kier molecular flexibility index (Phi) is 4.31. The third-order valence-electron chi connectivity index (χ3n) is 2.46. The molecule has 0 unspecified atom stereocenters. The van der Waals surface area contributed by atoms with Crippen molar-refractivity contribution in [3.8, 4) is 0 Å². The molecule has 2 aromatic rings. The molecule has 3 nitrogen and oxygen atoms in total. The summed E-state index contributed by atoms with van der Waals surface area (Å²) >= 11 is 10.1. The van der Waals surface area contributed by atoms with Crippen molar-refractivity contribution >= 4 is 50.2 Å². The Morgan fingerprint density at radius 2 is 2.33 bits per heavy atom. The molecule has 0 aliphatic carbocycles. The highest BCUT2D eigenvalue weighted by molar-refractivity contribution is 9.10. The van der Waals surface area contributed by atoms with Gasteiger partial charge in [0.15, 0.2) is 0 Å². The Hall–Kier alpha value is -0.980. The van der Waals surface area contributed by atoms with Crippen LogP contribution >= 0.6 is 39.5 Å². The molecule has 0 bridgehead atoms. The smallest absolute Gasteiger partial charge is 0.122 e. The molecule has 18 heavy (non-hydrogen) atoms. The van der Waals surface area contributed by atoms with Gasteiger partial charge in [0.1, 0.15) is 4.99 Å². The summed E-state index contributed by atoms with van der Waals surface area (Å²) in [6.07, 6.45) is 1.79. The van der Waals surface area contributed by atoms with Crippen molar-refractivity contribution in [2.75, 3.05) is 11.9 Å². The van der Waals surface area contributed by atoms with Gasteiger partial charge in [-0.15, -0.1) is 11.3 Å². The van der Waals surface area contributed by atoms with E-state index in [9.17, 15) is 0 Å². The monoisotopic (exact) mass is 341 g/mol. The highest BCUT2D eigenvalue weighted by Crippen LogP contribution is 2.22. The molecule has 0 saturated carbocycles. The minimum absolute atomic E-state index is 0.325. The molecule has 0 aliphatic heterocycles. The first-order valence-electron chi connectivity index (χ1n) is 5.26. The number of halogens is 1. The standard InChI is InChI=1S/C12H12BrN3S2/c1-16(6-10-4-8(13)7-18-10)9-2-3-11(12(14)17)15-5-9/h2-5,7H,6H2,1H3,(H2,14,17). The van der Waals surface area contributed by atoms with Gasteiger partial charge in [-0.25, -0.2) is 0 Å². The van der Waals surface area contributed by atoms with Gasteiger partial charge in [-0.1, -0.05) is 12.2 Å². The molecule has 0 radical (unpaired) electrons. The van der Waals surface area contributed by atoms with E-state index in [-0.39, 0.29) is 0 Å². The molecule has 6 heteroatoms. The number of thiophene rings is 1. The van der Waals surface area contributed by atoms with Crippen LogP contribution in [0.3, 0.4) is 0 Å². The normalized spacial score (nSPS) is 10.3. The quantitative estimate of drug-likeness (QED) is 0.867. The van der Waals surface area contributed by atoms with E-state index in [1.165, 1.54) is 4.88 Å². The largest absolute Gasteiger partial charge is 0.388 e. The van der Waals surface area contributed by atoms with Gasteiger partial charge < -0.3 is 10.6 Å². The molecule has 2 rings (SSSR count). The van der Waals surface area contributed by atoms with Crippen molar-refractivity contribution in [2.45, 2.75) is 6.54 Å². The Morgan fingerprint density at radius 3 is 2.83 bits per heavy atom. The zero-order valence-electron chi connectivity index (χ0n) is 9.76. The second-order valence-corrected chi connectivity index (χ2v) is 6.20. The number of nitrogens with zero attached hydrogens (tertiary/aromatic N) is 2. The molecule has 2 heterocycles. The van der Waals surface area contributed by atoms with Crippen molar-refractivity contribution in [3.63, 3.8) is 0 Å². The van der Waals surface area contributed by atoms with Crippen LogP contribution in [-0.4, -0.2) is 17.0 Å². The maximum atomic E-state index is 5.52. The van der Waals surface area contributed by atoms with Crippen LogP contribution in [-0.2, 0) is 6.54 Å². The van der Waals surface area contributed by atoms with E-state index in [1.807, 2.05) is 19.2 Å². The number of nitrogens with two attached hydrogens (primary N) is 1. The van der Waals surface area contributed by atoms with Gasteiger partial charge in [-0.3, -0.25) is 4.98 Å². The number of thiocarbonyl (C=S) groups is 1. The van der Waals surface area contributed by atoms with Crippen LogP contribution in [0.15, 0.2) is 34.2 Å². The van der Waals surface area contributed by atoms with Crippen molar-refractivity contribution < 1.29 is 0 Å². The summed E-state index contributed by atoms with van der Waals surface area (Å²) in [5.41, 5.74) is 7.21. The van der Waals surface area contributed by atoms with E-state index in [2.05, 4.69) is 37.3 Å². The highest BCUT2D eigenvalue weighted by atomic mass is 79.9. The van der Waals surface area contributed by atoms with E-state index in [4.69, 9.17) is 18.0 Å². The van der Waals surface area contributed by atoms with Crippen LogP contribution in [0.2, 0.25) is 0 Å². The number of pyridine rings is 1. The summed E-state index contributed by atoms with van der Waals surface area (Å²) in [7, 11) is 2.03. The van der Waals surface area contributed by atoms with Crippen LogP contribution in [0.5, 0.6) is 0 Å². The van der Waals surface area contributed by atoms with E-state index < -0.39 is 0 Å². The maximum Gasteiger partial charge on any atom is 0.122 e. The highest BCUT2D eigenvalue weighted by Gasteiger charge is 2.05. The molecular formula is C12H12BrN3S2. The lowest BCUT2D eigenvalue weighted by atomic mass is 10.3. The van der Waals surface area contributed by atoms with Crippen molar-refractivity contribution in [2.24, 2.45) is 5.73 Å². The minimum Gasteiger partial charge on any atom is -0.388 e. The average molecular weight is 342 g/mol. The number of anilines is 1. The lowest BCUT2D eigenvalue weighted by Gasteiger charge is -2.18. The molecule has 0 saturated heterocycles. The van der Waals surface area contributed by atoms with Crippen LogP contribution in [0, 0.1) is 0 Å². The van der Waals surface area contributed by atoms with E-state index >= 15 is 0 Å². The van der Waals surface area contributed by atoms with E-state index in [1.54, 1.807) is 17.5 Å². The van der Waals surface area contributed by atoms with Gasteiger partial charge in [-0.2, -0.15) is 0 Å². The first-order valence-corrected chi connectivity index (χ1v) is 7.34. The Labute approximate surface area is 124 Å². The molecule has 0 fully saturated rings. The second kappa shape index (κ2) is 5.77. The molecule has 0 amide bonds. The van der Waals surface area contributed by atoms with E-state index in [0.717, 1.165) is 16.7 Å². The molecule has 2 N–H and O–H groups in total. The molecular weight excluding hydrogens is 330 g/mol. The predicted molar refractivity (Wildman–Crippen MR) is 84.3 cm³/mol. The van der Waals surface area contributed by atoms with Gasteiger partial charge in [0, 0.05) is 21.8 Å². The van der Waals surface area contributed by atoms with Crippen molar-refractivity contribution in [3.05, 3.63) is 44.8 Å². The van der Waals surface area contributed by atoms with E-state index in [0.29, 0.717) is 10.7 Å². The van der Waals surface area contributed by atoms with Crippen LogP contribution in [0.4, 0.5) is 5.69 Å². The first-order chi connectivity index (χ1) is 8.56. The fraction of sp³-hybridized carbons (Fsp3) is 0.167. The van der Waals surface area contributed by atoms with Crippen LogP contribution in [0.1, 0.15) is 10.6 Å². The summed E-state index contributed by atoms with van der Waals surface area (Å²) in [6.45, 7) is 0.852. The molecule has 0 aromatic carbocycles. The molecule has 2 aromatic heterocycles. The number of aromatic nitrogens is 1. The number of hydrogen-bond acceptors (Lipinski definition) is 4. The summed E-state index contributed by atoms with van der Waals surface area (Å²) in [5, 5.41) is 2.08. The molecule has 0 aliphatic rings. The third-order valence-corrected chi connectivity index (χ3v) is 4.35. The SMILES string of the molecule is CN(Cc1cc(Br)cs1)c1ccc(C(N)=S)nc1. The Balaban J connectivity index is 2.09. The Bertz CT molecular complexity index is 551. The second-order valence-electron chi connectivity index (χ2n) is 3.85. The Morgan fingerprint density at radius 1 is 1.56 bits per heavy atom. The molecule has 94 valence electrons. The minimum atomic E-state index is 0.325. The maximum absolute atomic E-state index is 5.52. The lowest BCUT2D eigenvalue weighted by molar-refractivity contribution is 0.933. The van der Waals surface area contributed by atoms with Gasteiger partial charge >= 0.3 is 0 Å². The van der Waals surface area contributed by atoms with Gasteiger partial charge in [-0.05, 0) is 34.1 Å². The first kappa shape index (κ1) is 13.5. The summed E-state index contributed by atoms with van der Waals surface area (Å²) in [6, 6.07) is 5.95. The molecule has 0 atom stereocenters. The van der Waals surface area contributed by atoms with Gasteiger partial charge in [0.2, 0.25) is 0 Å². The summed E-state index contributed by atoms with van der Waals surface area (Å²) in [5.74, 6) is 0. The zero-order chi connectivity index (χ0) is 13.1. The lowest BCUT2D eigenvalue weighted by Crippen LogP contribution is -2.17. The predicted octanol–water partition coefficient (Wildman–Crippen LogP) is 3.18. The topological polar surface area (TPSA) is 42.1 Å². The summed E-state index contributed by atoms with van der Waals surface area (Å²) < 4.78 is 1.12. The van der Waals surface area contributed by atoms with Crippen molar-refractivity contribution in [1.82, 2.24) is 4.98 Å². The molecule has 0 spiro atoms.